The molecule has 0 aromatic carbocycles. The summed E-state index contributed by atoms with van der Waals surface area (Å²) < 4.78 is 11.6. The van der Waals surface area contributed by atoms with Gasteiger partial charge in [-0.15, -0.1) is 0 Å². The molecule has 0 aromatic rings. The van der Waals surface area contributed by atoms with Gasteiger partial charge in [0.1, 0.15) is 18.3 Å². The Hall–Kier alpha value is -0.200. The fourth-order valence-corrected chi connectivity index (χ4v) is 3.63. The lowest BCUT2D eigenvalue weighted by atomic mass is 9.81. The van der Waals surface area contributed by atoms with Crippen LogP contribution in [0.15, 0.2) is 0 Å². The fourth-order valence-electron chi connectivity index (χ4n) is 3.63. The van der Waals surface area contributed by atoms with Gasteiger partial charge in [-0.2, -0.15) is 0 Å². The zero-order valence-corrected chi connectivity index (χ0v) is 10.4. The van der Waals surface area contributed by atoms with Crippen LogP contribution in [0.4, 0.5) is 0 Å². The smallest absolute Gasteiger partial charge is 0.163 e. The number of nitrogens with zero attached hydrogens (tertiary/aromatic N) is 1. The van der Waals surface area contributed by atoms with E-state index in [4.69, 9.17) is 9.47 Å². The van der Waals surface area contributed by atoms with E-state index in [-0.39, 0.29) is 18.8 Å². The molecule has 0 radical (unpaired) electrons. The molecule has 0 saturated carbocycles. The first kappa shape index (κ1) is 11.9. The molecule has 3 fully saturated rings. The maximum Gasteiger partial charge on any atom is 0.163 e. The third-order valence-electron chi connectivity index (χ3n) is 4.42. The molecule has 0 spiro atoms. The van der Waals surface area contributed by atoms with Gasteiger partial charge in [0, 0.05) is 6.54 Å². The minimum Gasteiger partial charge on any atom is -0.394 e. The van der Waals surface area contributed by atoms with Crippen molar-refractivity contribution < 1.29 is 19.7 Å². The molecule has 3 aliphatic rings. The highest BCUT2D eigenvalue weighted by molar-refractivity contribution is 5.11. The molecule has 2 N–H and O–H groups in total. The maximum absolute atomic E-state index is 10.5. The monoisotopic (exact) mass is 243 g/mol. The molecule has 3 heterocycles. The number of rotatable bonds is 1. The van der Waals surface area contributed by atoms with Gasteiger partial charge >= 0.3 is 0 Å². The normalized spacial score (nSPS) is 49.1. The first-order valence-corrected chi connectivity index (χ1v) is 6.38. The van der Waals surface area contributed by atoms with Crippen molar-refractivity contribution in [1.29, 1.82) is 0 Å². The molecular weight excluding hydrogens is 222 g/mol. The molecule has 17 heavy (non-hydrogen) atoms. The van der Waals surface area contributed by atoms with Gasteiger partial charge in [0.25, 0.3) is 0 Å². The van der Waals surface area contributed by atoms with E-state index in [1.807, 2.05) is 13.8 Å². The molecule has 3 aliphatic heterocycles. The van der Waals surface area contributed by atoms with Crippen molar-refractivity contribution in [2.75, 3.05) is 19.7 Å². The molecule has 5 heteroatoms. The third-order valence-corrected chi connectivity index (χ3v) is 4.42. The Kier molecular flexibility index (Phi) is 2.55. The molecule has 3 saturated heterocycles. The first-order chi connectivity index (χ1) is 7.98. The van der Waals surface area contributed by atoms with Crippen molar-refractivity contribution >= 4 is 0 Å². The molecule has 98 valence electrons. The minimum absolute atomic E-state index is 0.0127. The van der Waals surface area contributed by atoms with Crippen LogP contribution in [0.1, 0.15) is 26.7 Å². The van der Waals surface area contributed by atoms with Crippen molar-refractivity contribution in [3.63, 3.8) is 0 Å². The molecule has 0 aliphatic carbocycles. The van der Waals surface area contributed by atoms with Crippen molar-refractivity contribution in [2.24, 2.45) is 0 Å². The summed E-state index contributed by atoms with van der Waals surface area (Å²) in [6, 6.07) is 0. The molecule has 2 unspecified atom stereocenters. The number of hydrogen-bond donors (Lipinski definition) is 2. The van der Waals surface area contributed by atoms with Crippen LogP contribution in [0.5, 0.6) is 0 Å². The molecule has 0 aromatic heterocycles. The lowest BCUT2D eigenvalue weighted by Gasteiger charge is -2.48. The summed E-state index contributed by atoms with van der Waals surface area (Å²) in [5.41, 5.74) is -0.509. The Morgan fingerprint density at radius 1 is 1.35 bits per heavy atom. The van der Waals surface area contributed by atoms with E-state index in [1.165, 1.54) is 0 Å². The largest absolute Gasteiger partial charge is 0.394 e. The Morgan fingerprint density at radius 3 is 2.82 bits per heavy atom. The Morgan fingerprint density at radius 2 is 2.12 bits per heavy atom. The second kappa shape index (κ2) is 3.65. The van der Waals surface area contributed by atoms with Gasteiger partial charge in [0.05, 0.1) is 12.1 Å². The van der Waals surface area contributed by atoms with Crippen molar-refractivity contribution in [3.05, 3.63) is 0 Å². The number of fused-ring (bicyclic) bond motifs is 2. The third kappa shape index (κ3) is 1.57. The maximum atomic E-state index is 10.5. The fraction of sp³-hybridized carbons (Fsp3) is 1.00. The van der Waals surface area contributed by atoms with Crippen LogP contribution in [0, 0.1) is 0 Å². The zero-order chi connectivity index (χ0) is 12.3. The van der Waals surface area contributed by atoms with Gasteiger partial charge in [-0.05, 0) is 33.2 Å². The van der Waals surface area contributed by atoms with E-state index < -0.39 is 17.4 Å². The SMILES string of the molecule is CC1(C)OC2CN3CCC[C@@]3(CO)[C@@H](O)C2O1. The summed E-state index contributed by atoms with van der Waals surface area (Å²) in [7, 11) is 0. The quantitative estimate of drug-likeness (QED) is 0.662. The zero-order valence-electron chi connectivity index (χ0n) is 10.4. The molecule has 4 atom stereocenters. The molecule has 5 nitrogen and oxygen atoms in total. The predicted octanol–water partition coefficient (Wildman–Crippen LogP) is -0.292. The Labute approximate surface area is 101 Å². The van der Waals surface area contributed by atoms with Crippen LogP contribution in [-0.2, 0) is 9.47 Å². The van der Waals surface area contributed by atoms with Crippen molar-refractivity contribution in [3.8, 4) is 0 Å². The van der Waals surface area contributed by atoms with Gasteiger partial charge in [-0.1, -0.05) is 0 Å². The van der Waals surface area contributed by atoms with Crippen LogP contribution in [0.2, 0.25) is 0 Å². The second-order valence-electron chi connectivity index (χ2n) is 5.89. The summed E-state index contributed by atoms with van der Waals surface area (Å²) in [6.07, 6.45) is 0.776. The second-order valence-corrected chi connectivity index (χ2v) is 5.89. The van der Waals surface area contributed by atoms with Gasteiger partial charge < -0.3 is 19.7 Å². The van der Waals surface area contributed by atoms with Gasteiger partial charge in [0.15, 0.2) is 5.79 Å². The highest BCUT2D eigenvalue weighted by atomic mass is 16.8. The lowest BCUT2D eigenvalue weighted by Crippen LogP contribution is -2.67. The van der Waals surface area contributed by atoms with Crippen LogP contribution in [0.25, 0.3) is 0 Å². The lowest BCUT2D eigenvalue weighted by molar-refractivity contribution is -0.165. The van der Waals surface area contributed by atoms with E-state index in [1.54, 1.807) is 0 Å². The summed E-state index contributed by atoms with van der Waals surface area (Å²) in [6.45, 7) is 5.39. The van der Waals surface area contributed by atoms with Crippen LogP contribution >= 0.6 is 0 Å². The van der Waals surface area contributed by atoms with Crippen molar-refractivity contribution in [2.45, 2.75) is 56.3 Å². The number of piperidine rings is 1. The van der Waals surface area contributed by atoms with Crippen LogP contribution < -0.4 is 0 Å². The number of ether oxygens (including phenoxy) is 2. The van der Waals surface area contributed by atoms with Crippen LogP contribution in [0.3, 0.4) is 0 Å². The minimum atomic E-state index is -0.671. The molecule has 0 bridgehead atoms. The summed E-state index contributed by atoms with van der Waals surface area (Å²) in [5, 5.41) is 20.2. The topological polar surface area (TPSA) is 62.2 Å². The first-order valence-electron chi connectivity index (χ1n) is 6.38. The van der Waals surface area contributed by atoms with Crippen molar-refractivity contribution in [1.82, 2.24) is 4.90 Å². The Balaban J connectivity index is 1.90. The number of hydrogen-bond acceptors (Lipinski definition) is 5. The van der Waals surface area contributed by atoms with E-state index in [0.717, 1.165) is 25.9 Å². The van der Waals surface area contributed by atoms with E-state index >= 15 is 0 Å². The number of aliphatic hydroxyl groups excluding tert-OH is 2. The van der Waals surface area contributed by atoms with Crippen LogP contribution in [-0.4, -0.2) is 64.4 Å². The standard InChI is InChI=1S/C12H21NO4/c1-11(2)16-8-6-13-5-3-4-12(13,7-14)10(15)9(8)17-11/h8-10,14-15H,3-7H2,1-2H3/t8?,9?,10-,12+/m0/s1. The van der Waals surface area contributed by atoms with E-state index in [2.05, 4.69) is 4.90 Å². The average molecular weight is 243 g/mol. The van der Waals surface area contributed by atoms with Gasteiger partial charge in [0.2, 0.25) is 0 Å². The predicted molar refractivity (Wildman–Crippen MR) is 60.5 cm³/mol. The highest BCUT2D eigenvalue weighted by Gasteiger charge is 2.60. The molecular formula is C12H21NO4. The Bertz CT molecular complexity index is 322. The summed E-state index contributed by atoms with van der Waals surface area (Å²) in [4.78, 5) is 2.17. The average Bonchev–Trinajstić information content (AvgIpc) is 2.79. The number of aliphatic hydroxyl groups is 2. The highest BCUT2D eigenvalue weighted by Crippen LogP contribution is 2.44. The summed E-state index contributed by atoms with van der Waals surface area (Å²) in [5.74, 6) is -0.632. The van der Waals surface area contributed by atoms with Gasteiger partial charge in [-0.25, -0.2) is 0 Å². The molecule has 3 rings (SSSR count). The van der Waals surface area contributed by atoms with E-state index in [0.29, 0.717) is 0 Å². The van der Waals surface area contributed by atoms with Gasteiger partial charge in [-0.3, -0.25) is 4.90 Å². The molecule has 0 amide bonds. The summed E-state index contributed by atoms with van der Waals surface area (Å²) >= 11 is 0. The van der Waals surface area contributed by atoms with E-state index in [9.17, 15) is 10.2 Å².